The van der Waals surface area contributed by atoms with E-state index in [2.05, 4.69) is 5.32 Å². The molecule has 0 spiro atoms. The van der Waals surface area contributed by atoms with Crippen LogP contribution in [0.5, 0.6) is 11.5 Å². The predicted molar refractivity (Wildman–Crippen MR) is 115 cm³/mol. The summed E-state index contributed by atoms with van der Waals surface area (Å²) in [6.45, 7) is 2.86. The summed E-state index contributed by atoms with van der Waals surface area (Å²) in [7, 11) is 5.03. The minimum absolute atomic E-state index is 0.0529. The molecular weight excluding hydrogens is 368 g/mol. The van der Waals surface area contributed by atoms with Gasteiger partial charge in [0.05, 0.1) is 26.3 Å². The molecule has 7 nitrogen and oxygen atoms in total. The van der Waals surface area contributed by atoms with Crippen molar-refractivity contribution in [2.75, 3.05) is 39.3 Å². The topological polar surface area (TPSA) is 76.6 Å². The Labute approximate surface area is 170 Å². The van der Waals surface area contributed by atoms with Gasteiger partial charge in [-0.05, 0) is 12.5 Å². The minimum Gasteiger partial charge on any atom is -0.493 e. The summed E-state index contributed by atoms with van der Waals surface area (Å²) in [4.78, 5) is 23.6. The summed E-state index contributed by atoms with van der Waals surface area (Å²) in [6, 6.07) is 13.4. The number of carbonyl (C=O) groups excluding carboxylic acids is 1. The Morgan fingerprint density at radius 3 is 2.41 bits per heavy atom. The van der Waals surface area contributed by atoms with E-state index < -0.39 is 0 Å². The molecule has 0 saturated carbocycles. The molecule has 1 heterocycles. The number of rotatable bonds is 8. The first-order chi connectivity index (χ1) is 14.1. The summed E-state index contributed by atoms with van der Waals surface area (Å²) in [5, 5.41) is 3.68. The Morgan fingerprint density at radius 1 is 1.07 bits per heavy atom. The van der Waals surface area contributed by atoms with E-state index in [4.69, 9.17) is 19.4 Å². The van der Waals surface area contributed by atoms with Crippen molar-refractivity contribution in [2.24, 2.45) is 0 Å². The highest BCUT2D eigenvalue weighted by molar-refractivity contribution is 5.95. The molecule has 1 aromatic heterocycles. The van der Waals surface area contributed by atoms with Crippen LogP contribution in [0.25, 0.3) is 22.3 Å². The molecule has 0 atom stereocenters. The maximum absolute atomic E-state index is 12.3. The molecule has 0 aliphatic carbocycles. The number of nitrogens with one attached hydrogen (secondary N) is 1. The molecule has 2 aromatic carbocycles. The number of ether oxygens (including phenoxy) is 2. The fraction of sp³-hybridized carbons (Fsp3) is 0.318. The molecule has 29 heavy (non-hydrogen) atoms. The minimum atomic E-state index is -0.0529. The molecule has 0 saturated heterocycles. The predicted octanol–water partition coefficient (Wildman–Crippen LogP) is 3.28. The zero-order valence-electron chi connectivity index (χ0n) is 17.2. The van der Waals surface area contributed by atoms with Gasteiger partial charge in [-0.25, -0.2) is 9.97 Å². The first-order valence-corrected chi connectivity index (χ1v) is 9.54. The number of benzene rings is 2. The van der Waals surface area contributed by atoms with Crippen LogP contribution in [0.1, 0.15) is 13.3 Å². The third-order valence-corrected chi connectivity index (χ3v) is 4.53. The van der Waals surface area contributed by atoms with Gasteiger partial charge in [0.2, 0.25) is 5.91 Å². The molecule has 3 aromatic rings. The lowest BCUT2D eigenvalue weighted by Crippen LogP contribution is -2.36. The highest BCUT2D eigenvalue weighted by Crippen LogP contribution is 2.36. The standard InChI is InChI=1S/C22H26N4O3/c1-5-11-23-20(27)14-26(2)22-16-12-18(28-3)19(29-4)13-17(16)24-21(25-22)15-9-7-6-8-10-15/h6-10,12-13H,5,11,14H2,1-4H3,(H,23,27). The Morgan fingerprint density at radius 2 is 1.76 bits per heavy atom. The summed E-state index contributed by atoms with van der Waals surface area (Å²) >= 11 is 0. The zero-order valence-corrected chi connectivity index (χ0v) is 17.2. The van der Waals surface area contributed by atoms with Crippen molar-refractivity contribution >= 4 is 22.6 Å². The van der Waals surface area contributed by atoms with Gasteiger partial charge < -0.3 is 19.7 Å². The molecule has 7 heteroatoms. The Kier molecular flexibility index (Phi) is 6.49. The normalized spacial score (nSPS) is 10.6. The second-order valence-corrected chi connectivity index (χ2v) is 6.67. The number of likely N-dealkylation sites (N-methyl/N-ethyl adjacent to an activating group) is 1. The van der Waals surface area contributed by atoms with Gasteiger partial charge in [-0.15, -0.1) is 0 Å². The second kappa shape index (κ2) is 9.23. The van der Waals surface area contributed by atoms with Gasteiger partial charge in [0.1, 0.15) is 5.82 Å². The lowest BCUT2D eigenvalue weighted by Gasteiger charge is -2.21. The lowest BCUT2D eigenvalue weighted by atomic mass is 10.1. The smallest absolute Gasteiger partial charge is 0.239 e. The van der Waals surface area contributed by atoms with Crippen molar-refractivity contribution in [1.29, 1.82) is 0 Å². The number of methoxy groups -OCH3 is 2. The summed E-state index contributed by atoms with van der Waals surface area (Å²) < 4.78 is 10.9. The van der Waals surface area contributed by atoms with Gasteiger partial charge in [0.15, 0.2) is 17.3 Å². The van der Waals surface area contributed by atoms with Gasteiger partial charge >= 0.3 is 0 Å². The van der Waals surface area contributed by atoms with Crippen LogP contribution in [0.15, 0.2) is 42.5 Å². The van der Waals surface area contributed by atoms with Crippen molar-refractivity contribution in [2.45, 2.75) is 13.3 Å². The van der Waals surface area contributed by atoms with E-state index in [0.717, 1.165) is 17.4 Å². The Bertz CT molecular complexity index is 992. The molecule has 1 amide bonds. The van der Waals surface area contributed by atoms with Crippen LogP contribution >= 0.6 is 0 Å². The fourth-order valence-corrected chi connectivity index (χ4v) is 3.06. The Hall–Kier alpha value is -3.35. The maximum Gasteiger partial charge on any atom is 0.239 e. The molecule has 0 radical (unpaired) electrons. The average molecular weight is 394 g/mol. The number of hydrogen-bond donors (Lipinski definition) is 1. The van der Waals surface area contributed by atoms with Gasteiger partial charge in [-0.1, -0.05) is 37.3 Å². The molecule has 1 N–H and O–H groups in total. The molecule has 3 rings (SSSR count). The van der Waals surface area contributed by atoms with Crippen LogP contribution in [0.4, 0.5) is 5.82 Å². The molecule has 0 aliphatic rings. The van der Waals surface area contributed by atoms with Crippen molar-refractivity contribution in [3.63, 3.8) is 0 Å². The van der Waals surface area contributed by atoms with E-state index in [1.54, 1.807) is 14.2 Å². The van der Waals surface area contributed by atoms with Crippen molar-refractivity contribution in [3.05, 3.63) is 42.5 Å². The van der Waals surface area contributed by atoms with E-state index in [1.807, 2.05) is 61.3 Å². The van der Waals surface area contributed by atoms with Gasteiger partial charge in [-0.2, -0.15) is 0 Å². The van der Waals surface area contributed by atoms with Gasteiger partial charge in [0, 0.05) is 30.6 Å². The summed E-state index contributed by atoms with van der Waals surface area (Å²) in [5.41, 5.74) is 1.61. The largest absolute Gasteiger partial charge is 0.493 e. The van der Waals surface area contributed by atoms with Crippen molar-refractivity contribution in [1.82, 2.24) is 15.3 Å². The molecule has 0 aliphatic heterocycles. The van der Waals surface area contributed by atoms with E-state index in [1.165, 1.54) is 0 Å². The van der Waals surface area contributed by atoms with Crippen molar-refractivity contribution in [3.8, 4) is 22.9 Å². The molecule has 0 bridgehead atoms. The average Bonchev–Trinajstić information content (AvgIpc) is 2.76. The number of carbonyl (C=O) groups is 1. The van der Waals surface area contributed by atoms with Crippen LogP contribution in [0.3, 0.4) is 0 Å². The number of aromatic nitrogens is 2. The molecule has 152 valence electrons. The second-order valence-electron chi connectivity index (χ2n) is 6.67. The summed E-state index contributed by atoms with van der Waals surface area (Å²) in [6.07, 6.45) is 0.890. The SMILES string of the molecule is CCCNC(=O)CN(C)c1nc(-c2ccccc2)nc2cc(OC)c(OC)cc12. The van der Waals surface area contributed by atoms with Crippen LogP contribution in [0, 0.1) is 0 Å². The van der Waals surface area contributed by atoms with E-state index in [0.29, 0.717) is 35.2 Å². The summed E-state index contributed by atoms with van der Waals surface area (Å²) in [5.74, 6) is 2.36. The van der Waals surface area contributed by atoms with E-state index >= 15 is 0 Å². The van der Waals surface area contributed by atoms with Crippen LogP contribution < -0.4 is 19.7 Å². The lowest BCUT2D eigenvalue weighted by molar-refractivity contribution is -0.119. The molecule has 0 fully saturated rings. The third kappa shape index (κ3) is 4.56. The zero-order chi connectivity index (χ0) is 20.8. The first-order valence-electron chi connectivity index (χ1n) is 9.54. The van der Waals surface area contributed by atoms with Crippen LogP contribution in [-0.2, 0) is 4.79 Å². The first kappa shape index (κ1) is 20.4. The highest BCUT2D eigenvalue weighted by atomic mass is 16.5. The van der Waals surface area contributed by atoms with Gasteiger partial charge in [0.25, 0.3) is 0 Å². The molecular formula is C22H26N4O3. The number of amides is 1. The van der Waals surface area contributed by atoms with Crippen molar-refractivity contribution < 1.29 is 14.3 Å². The Balaban J connectivity index is 2.12. The number of fused-ring (bicyclic) bond motifs is 1. The van der Waals surface area contributed by atoms with Gasteiger partial charge in [-0.3, -0.25) is 4.79 Å². The highest BCUT2D eigenvalue weighted by Gasteiger charge is 2.18. The van der Waals surface area contributed by atoms with E-state index in [9.17, 15) is 4.79 Å². The fourth-order valence-electron chi connectivity index (χ4n) is 3.06. The van der Waals surface area contributed by atoms with Crippen LogP contribution in [0.2, 0.25) is 0 Å². The number of nitrogens with zero attached hydrogens (tertiary/aromatic N) is 3. The molecule has 0 unspecified atom stereocenters. The number of anilines is 1. The van der Waals surface area contributed by atoms with Crippen LogP contribution in [-0.4, -0.2) is 50.2 Å². The third-order valence-electron chi connectivity index (χ3n) is 4.53. The monoisotopic (exact) mass is 394 g/mol. The quantitative estimate of drug-likeness (QED) is 0.632. The maximum atomic E-state index is 12.3. The van der Waals surface area contributed by atoms with E-state index in [-0.39, 0.29) is 12.5 Å². The number of hydrogen-bond acceptors (Lipinski definition) is 6.